The maximum Gasteiger partial charge on any atom is 0.339 e. The number of amides is 1. The van der Waals surface area contributed by atoms with Gasteiger partial charge in [0.1, 0.15) is 11.4 Å². The monoisotopic (exact) mass is 612 g/mol. The Morgan fingerprint density at radius 2 is 1.53 bits per heavy atom. The fourth-order valence-electron chi connectivity index (χ4n) is 5.44. The molecule has 4 aromatic carbocycles. The van der Waals surface area contributed by atoms with Gasteiger partial charge in [-0.3, -0.25) is 4.79 Å². The van der Waals surface area contributed by atoms with Gasteiger partial charge in [-0.25, -0.2) is 18.0 Å². The molecule has 5 aromatic rings. The minimum atomic E-state index is -1.28. The zero-order valence-electron chi connectivity index (χ0n) is 26.1. The number of hydrogen-bond donors (Lipinski definition) is 1. The van der Waals surface area contributed by atoms with E-state index >= 15 is 0 Å². The first-order valence-electron chi connectivity index (χ1n) is 14.7. The van der Waals surface area contributed by atoms with Crippen LogP contribution in [0.15, 0.2) is 78.9 Å². The minimum absolute atomic E-state index is 0.138. The second-order valence-corrected chi connectivity index (χ2v) is 12.3. The van der Waals surface area contributed by atoms with E-state index in [0.717, 1.165) is 44.9 Å². The number of hydrogen-bond acceptors (Lipinski definition) is 3. The molecular weight excluding hydrogens is 577 g/mol. The summed E-state index contributed by atoms with van der Waals surface area (Å²) in [6.45, 7) is 11.6. The summed E-state index contributed by atoms with van der Waals surface area (Å²) in [5.41, 5.74) is 5.89. The fourth-order valence-corrected chi connectivity index (χ4v) is 5.44. The molecule has 0 aliphatic carbocycles. The van der Waals surface area contributed by atoms with Crippen molar-refractivity contribution in [3.8, 4) is 11.1 Å². The Kier molecular flexibility index (Phi) is 8.61. The van der Waals surface area contributed by atoms with Crippen LogP contribution in [0.2, 0.25) is 0 Å². The highest BCUT2D eigenvalue weighted by Gasteiger charge is 2.22. The van der Waals surface area contributed by atoms with Gasteiger partial charge in [-0.15, -0.1) is 0 Å². The molecule has 0 radical (unpaired) electrons. The summed E-state index contributed by atoms with van der Waals surface area (Å²) < 4.78 is 49.1. The molecule has 5 nitrogen and oxygen atoms in total. The molecule has 1 heterocycles. The second-order valence-electron chi connectivity index (χ2n) is 12.3. The lowest BCUT2D eigenvalue weighted by atomic mass is 9.98. The normalized spacial score (nSPS) is 12.3. The number of halogens is 3. The molecule has 1 aromatic heterocycles. The number of aromatic nitrogens is 1. The third kappa shape index (κ3) is 6.65. The van der Waals surface area contributed by atoms with Gasteiger partial charge >= 0.3 is 5.97 Å². The molecular formula is C37H35F3N2O3. The lowest BCUT2D eigenvalue weighted by Gasteiger charge is -2.20. The lowest BCUT2D eigenvalue weighted by Crippen LogP contribution is -2.27. The van der Waals surface area contributed by atoms with Crippen LogP contribution in [0.25, 0.3) is 22.0 Å². The molecule has 232 valence electrons. The van der Waals surface area contributed by atoms with E-state index in [2.05, 4.69) is 9.88 Å². The molecule has 1 amide bonds. The Labute approximate surface area is 260 Å². The summed E-state index contributed by atoms with van der Waals surface area (Å²) >= 11 is 0. The van der Waals surface area contributed by atoms with Gasteiger partial charge in [0.2, 0.25) is 0 Å². The lowest BCUT2D eigenvalue weighted by molar-refractivity contribution is 0.00703. The molecule has 0 unspecified atom stereocenters. The molecule has 0 aliphatic rings. The molecule has 1 N–H and O–H groups in total. The zero-order valence-corrected chi connectivity index (χ0v) is 26.1. The summed E-state index contributed by atoms with van der Waals surface area (Å²) in [5.74, 6) is -4.22. The van der Waals surface area contributed by atoms with Gasteiger partial charge in [0.05, 0.1) is 11.6 Å². The number of carbonyl (C=O) groups excluding carboxylic acids is 2. The van der Waals surface area contributed by atoms with Crippen molar-refractivity contribution in [1.29, 1.82) is 0 Å². The molecule has 45 heavy (non-hydrogen) atoms. The average molecular weight is 613 g/mol. The third-order valence-electron chi connectivity index (χ3n) is 7.91. The number of benzene rings is 4. The summed E-state index contributed by atoms with van der Waals surface area (Å²) in [4.78, 5) is 25.9. The van der Waals surface area contributed by atoms with E-state index in [4.69, 9.17) is 4.74 Å². The van der Waals surface area contributed by atoms with Crippen LogP contribution in [-0.4, -0.2) is 22.0 Å². The highest BCUT2D eigenvalue weighted by Crippen LogP contribution is 2.30. The van der Waals surface area contributed by atoms with Gasteiger partial charge < -0.3 is 14.6 Å². The Hall–Kier alpha value is -4.85. The van der Waals surface area contributed by atoms with Crippen LogP contribution in [-0.2, 0) is 11.3 Å². The van der Waals surface area contributed by atoms with Gasteiger partial charge in [-0.05, 0) is 94.1 Å². The van der Waals surface area contributed by atoms with Crippen molar-refractivity contribution in [3.05, 3.63) is 130 Å². The molecule has 0 spiro atoms. The number of ether oxygens (including phenoxy) is 1. The van der Waals surface area contributed by atoms with Crippen LogP contribution in [0.1, 0.15) is 76.8 Å². The van der Waals surface area contributed by atoms with Crippen LogP contribution in [0.4, 0.5) is 13.2 Å². The molecule has 8 heteroatoms. The molecule has 0 bridgehead atoms. The van der Waals surface area contributed by atoms with E-state index in [-0.39, 0.29) is 11.5 Å². The van der Waals surface area contributed by atoms with E-state index in [0.29, 0.717) is 23.7 Å². The number of rotatable bonds is 7. The molecule has 0 aliphatic heterocycles. The SMILES string of the molecule is Cc1c(C)n(Cc2ccc(-c3ccccc3C(=O)OC(C)(C)C)cc2)c2ccc(C(=O)N[C@@H](C)c3cc(F)c(F)cc3F)cc12. The third-order valence-corrected chi connectivity index (χ3v) is 7.91. The molecule has 5 rings (SSSR count). The first kappa shape index (κ1) is 31.6. The maximum absolute atomic E-state index is 14.3. The number of carbonyl (C=O) groups is 2. The summed E-state index contributed by atoms with van der Waals surface area (Å²) in [5, 5.41) is 3.58. The molecule has 0 fully saturated rings. The maximum atomic E-state index is 14.3. The topological polar surface area (TPSA) is 60.3 Å². The molecule has 1 atom stereocenters. The van der Waals surface area contributed by atoms with Crippen molar-refractivity contribution in [2.24, 2.45) is 0 Å². The van der Waals surface area contributed by atoms with E-state index in [1.165, 1.54) is 6.92 Å². The quantitative estimate of drug-likeness (QED) is 0.148. The predicted molar refractivity (Wildman–Crippen MR) is 170 cm³/mol. The van der Waals surface area contributed by atoms with Crippen LogP contribution < -0.4 is 5.32 Å². The smallest absolute Gasteiger partial charge is 0.339 e. The highest BCUT2D eigenvalue weighted by atomic mass is 19.2. The van der Waals surface area contributed by atoms with Crippen molar-refractivity contribution in [2.75, 3.05) is 0 Å². The second kappa shape index (κ2) is 12.3. The standard InChI is InChI=1S/C37H35F3N2O3/c1-21-23(3)42(20-24-11-13-25(14-12-24)27-9-7-8-10-28(27)36(44)45-37(4,5)6)34-16-15-26(17-29(21)34)35(43)41-22(2)30-18-32(39)33(40)19-31(30)38/h7-19,22H,20H2,1-6H3,(H,41,43)/t22-/m0/s1. The summed E-state index contributed by atoms with van der Waals surface area (Å²) in [6, 6.07) is 21.1. The van der Waals surface area contributed by atoms with Crippen LogP contribution in [0.3, 0.4) is 0 Å². The summed E-state index contributed by atoms with van der Waals surface area (Å²) in [6.07, 6.45) is 0. The van der Waals surface area contributed by atoms with Crippen LogP contribution in [0, 0.1) is 31.3 Å². The Morgan fingerprint density at radius 1 is 0.867 bits per heavy atom. The first-order chi connectivity index (χ1) is 21.2. The van der Waals surface area contributed by atoms with Crippen LogP contribution >= 0.6 is 0 Å². The van der Waals surface area contributed by atoms with Gasteiger partial charge in [-0.1, -0.05) is 42.5 Å². The molecule has 0 saturated carbocycles. The van der Waals surface area contributed by atoms with Crippen molar-refractivity contribution < 1.29 is 27.5 Å². The van der Waals surface area contributed by atoms with Gasteiger partial charge in [0.25, 0.3) is 5.91 Å². The van der Waals surface area contributed by atoms with E-state index in [9.17, 15) is 22.8 Å². The number of fused-ring (bicyclic) bond motifs is 1. The van der Waals surface area contributed by atoms with E-state index in [1.807, 2.05) is 83.1 Å². The number of esters is 1. The van der Waals surface area contributed by atoms with Gasteiger partial charge in [0, 0.05) is 40.3 Å². The van der Waals surface area contributed by atoms with Crippen molar-refractivity contribution in [1.82, 2.24) is 9.88 Å². The van der Waals surface area contributed by atoms with Gasteiger partial charge in [0.15, 0.2) is 11.6 Å². The number of nitrogens with one attached hydrogen (secondary N) is 1. The highest BCUT2D eigenvalue weighted by molar-refractivity contribution is 5.99. The van der Waals surface area contributed by atoms with E-state index < -0.39 is 35.0 Å². The Bertz CT molecular complexity index is 1920. The Morgan fingerprint density at radius 3 is 2.22 bits per heavy atom. The average Bonchev–Trinajstić information content (AvgIpc) is 3.22. The van der Waals surface area contributed by atoms with E-state index in [1.54, 1.807) is 18.2 Å². The van der Waals surface area contributed by atoms with Crippen LogP contribution in [0.5, 0.6) is 0 Å². The largest absolute Gasteiger partial charge is 0.456 e. The summed E-state index contributed by atoms with van der Waals surface area (Å²) in [7, 11) is 0. The minimum Gasteiger partial charge on any atom is -0.456 e. The Balaban J connectivity index is 1.37. The predicted octanol–water partition coefficient (Wildman–Crippen LogP) is 8.84. The molecule has 0 saturated heterocycles. The van der Waals surface area contributed by atoms with Crippen molar-refractivity contribution in [2.45, 2.75) is 59.7 Å². The fraction of sp³-hybridized carbons (Fsp3) is 0.243. The van der Waals surface area contributed by atoms with Crippen molar-refractivity contribution in [3.63, 3.8) is 0 Å². The first-order valence-corrected chi connectivity index (χ1v) is 14.7. The zero-order chi connectivity index (χ0) is 32.6. The number of aryl methyl sites for hydroxylation is 1. The number of nitrogens with zero attached hydrogens (tertiary/aromatic N) is 1. The van der Waals surface area contributed by atoms with Crippen molar-refractivity contribution >= 4 is 22.8 Å². The van der Waals surface area contributed by atoms with Gasteiger partial charge in [-0.2, -0.15) is 0 Å².